The molecule has 2 aromatic rings. The second kappa shape index (κ2) is 8.63. The highest BCUT2D eigenvalue weighted by atomic mass is 79.9. The lowest BCUT2D eigenvalue weighted by Crippen LogP contribution is -2.35. The average molecular weight is 483 g/mol. The fraction of sp³-hybridized carbons (Fsp3) is 0.524. The summed E-state index contributed by atoms with van der Waals surface area (Å²) in [5.41, 5.74) is 2.70. The number of alkyl halides is 2. The highest BCUT2D eigenvalue weighted by Crippen LogP contribution is 2.37. The van der Waals surface area contributed by atoms with E-state index < -0.39 is 6.43 Å². The van der Waals surface area contributed by atoms with Gasteiger partial charge in [0.05, 0.1) is 12.6 Å². The van der Waals surface area contributed by atoms with Gasteiger partial charge in [-0.15, -0.1) is 0 Å². The van der Waals surface area contributed by atoms with E-state index in [2.05, 4.69) is 20.6 Å². The highest BCUT2D eigenvalue weighted by Gasteiger charge is 2.31. The van der Waals surface area contributed by atoms with Gasteiger partial charge in [0, 0.05) is 67.1 Å². The van der Waals surface area contributed by atoms with Crippen molar-refractivity contribution in [2.75, 3.05) is 31.7 Å². The van der Waals surface area contributed by atoms with E-state index in [9.17, 15) is 13.6 Å². The summed E-state index contributed by atoms with van der Waals surface area (Å²) in [6.45, 7) is 4.12. The van der Waals surface area contributed by atoms with E-state index in [-0.39, 0.29) is 17.5 Å². The molecule has 0 aliphatic carbocycles. The van der Waals surface area contributed by atoms with Crippen LogP contribution in [-0.2, 0) is 22.5 Å². The first-order valence-corrected chi connectivity index (χ1v) is 10.9. The number of ether oxygens (including phenoxy) is 1. The Kier molecular flexibility index (Phi) is 6.11. The molecule has 1 fully saturated rings. The fourth-order valence-corrected chi connectivity index (χ4v) is 4.65. The van der Waals surface area contributed by atoms with Gasteiger partial charge in [0.25, 0.3) is 6.43 Å². The number of halogens is 3. The number of fused-ring (bicyclic) bond motifs is 1. The van der Waals surface area contributed by atoms with Crippen molar-refractivity contribution in [2.45, 2.75) is 45.2 Å². The number of rotatable bonds is 4. The normalized spacial score (nSPS) is 17.3. The minimum Gasteiger partial charge on any atom is -0.381 e. The van der Waals surface area contributed by atoms with Crippen molar-refractivity contribution < 1.29 is 18.3 Å². The molecular formula is C21H25BrF2N4O2. The molecule has 1 aromatic heterocycles. The lowest BCUT2D eigenvalue weighted by atomic mass is 10.0. The number of hydrogen-bond donors (Lipinski definition) is 0. The van der Waals surface area contributed by atoms with Crippen LogP contribution in [0.5, 0.6) is 0 Å². The molecule has 162 valence electrons. The van der Waals surface area contributed by atoms with Crippen LogP contribution in [0, 0.1) is 0 Å². The van der Waals surface area contributed by atoms with Gasteiger partial charge >= 0.3 is 0 Å². The standard InChI is InChI=1S/C21H25BrF2N4O2/c1-13(29)27-8-5-19-17(12-27)21(25-28(19)14-6-9-30-10-7-14)26(2)15-3-4-18(22)16(11-15)20(23)24/h3-4,11,14,20H,5-10,12H2,1-2H3. The Morgan fingerprint density at radius 3 is 2.73 bits per heavy atom. The summed E-state index contributed by atoms with van der Waals surface area (Å²) in [4.78, 5) is 15.7. The van der Waals surface area contributed by atoms with E-state index in [1.807, 2.05) is 16.8 Å². The molecule has 0 spiro atoms. The number of benzene rings is 1. The maximum Gasteiger partial charge on any atom is 0.265 e. The molecule has 3 heterocycles. The van der Waals surface area contributed by atoms with Gasteiger partial charge in [-0.25, -0.2) is 8.78 Å². The summed E-state index contributed by atoms with van der Waals surface area (Å²) in [7, 11) is 1.84. The monoisotopic (exact) mass is 482 g/mol. The third kappa shape index (κ3) is 3.97. The molecule has 4 rings (SSSR count). The van der Waals surface area contributed by atoms with Crippen molar-refractivity contribution in [1.29, 1.82) is 0 Å². The first kappa shape index (κ1) is 21.2. The Morgan fingerprint density at radius 2 is 2.07 bits per heavy atom. The van der Waals surface area contributed by atoms with Gasteiger partial charge in [0.1, 0.15) is 0 Å². The number of aromatic nitrogens is 2. The number of anilines is 2. The van der Waals surface area contributed by atoms with Crippen molar-refractivity contribution in [3.63, 3.8) is 0 Å². The molecule has 0 atom stereocenters. The van der Waals surface area contributed by atoms with E-state index in [4.69, 9.17) is 9.84 Å². The molecule has 30 heavy (non-hydrogen) atoms. The molecule has 0 radical (unpaired) electrons. The van der Waals surface area contributed by atoms with Gasteiger partial charge < -0.3 is 14.5 Å². The molecule has 0 bridgehead atoms. The van der Waals surface area contributed by atoms with Gasteiger partial charge in [-0.3, -0.25) is 9.48 Å². The van der Waals surface area contributed by atoms with Crippen LogP contribution in [0.15, 0.2) is 22.7 Å². The lowest BCUT2D eigenvalue weighted by molar-refractivity contribution is -0.129. The molecule has 0 saturated carbocycles. The molecule has 0 N–H and O–H groups in total. The van der Waals surface area contributed by atoms with Crippen molar-refractivity contribution in [1.82, 2.24) is 14.7 Å². The molecule has 2 aliphatic rings. The Labute approximate surface area is 182 Å². The van der Waals surface area contributed by atoms with Gasteiger partial charge in [-0.1, -0.05) is 15.9 Å². The summed E-state index contributed by atoms with van der Waals surface area (Å²) < 4.78 is 34.8. The van der Waals surface area contributed by atoms with Gasteiger partial charge in [0.2, 0.25) is 5.91 Å². The molecule has 1 saturated heterocycles. The third-order valence-corrected chi connectivity index (χ3v) is 6.69. The van der Waals surface area contributed by atoms with Crippen LogP contribution >= 0.6 is 15.9 Å². The summed E-state index contributed by atoms with van der Waals surface area (Å²) in [5, 5.41) is 4.93. The lowest BCUT2D eigenvalue weighted by Gasteiger charge is -2.29. The van der Waals surface area contributed by atoms with E-state index in [0.717, 1.165) is 30.5 Å². The van der Waals surface area contributed by atoms with E-state index in [1.54, 1.807) is 19.1 Å². The molecule has 1 aromatic carbocycles. The number of hydrogen-bond acceptors (Lipinski definition) is 4. The Morgan fingerprint density at radius 1 is 1.33 bits per heavy atom. The zero-order valence-corrected chi connectivity index (χ0v) is 18.7. The van der Waals surface area contributed by atoms with Crippen molar-refractivity contribution in [2.24, 2.45) is 0 Å². The second-order valence-corrected chi connectivity index (χ2v) is 8.65. The van der Waals surface area contributed by atoms with Gasteiger partial charge in [0.15, 0.2) is 5.82 Å². The van der Waals surface area contributed by atoms with Crippen LogP contribution < -0.4 is 4.90 Å². The zero-order chi connectivity index (χ0) is 21.4. The number of amides is 1. The summed E-state index contributed by atoms with van der Waals surface area (Å²) >= 11 is 3.20. The Hall–Kier alpha value is -2.00. The van der Waals surface area contributed by atoms with Crippen LogP contribution in [0.3, 0.4) is 0 Å². The minimum absolute atomic E-state index is 0.0247. The van der Waals surface area contributed by atoms with E-state index in [0.29, 0.717) is 42.3 Å². The second-order valence-electron chi connectivity index (χ2n) is 7.79. The maximum absolute atomic E-state index is 13.4. The first-order chi connectivity index (χ1) is 14.4. The molecule has 2 aliphatic heterocycles. The number of carbonyl (C=O) groups excluding carboxylic acids is 1. The predicted octanol–water partition coefficient (Wildman–Crippen LogP) is 4.61. The summed E-state index contributed by atoms with van der Waals surface area (Å²) in [6, 6.07) is 5.17. The smallest absolute Gasteiger partial charge is 0.265 e. The van der Waals surface area contributed by atoms with E-state index in [1.165, 1.54) is 6.07 Å². The Balaban J connectivity index is 1.76. The quantitative estimate of drug-likeness (QED) is 0.638. The van der Waals surface area contributed by atoms with Crippen molar-refractivity contribution in [3.8, 4) is 0 Å². The molecule has 0 unspecified atom stereocenters. The average Bonchev–Trinajstić information content (AvgIpc) is 3.13. The third-order valence-electron chi connectivity index (χ3n) is 5.97. The first-order valence-electron chi connectivity index (χ1n) is 10.1. The maximum atomic E-state index is 13.4. The van der Waals surface area contributed by atoms with E-state index >= 15 is 0 Å². The van der Waals surface area contributed by atoms with Gasteiger partial charge in [-0.05, 0) is 31.0 Å². The van der Waals surface area contributed by atoms with Crippen LogP contribution in [0.2, 0.25) is 0 Å². The molecule has 1 amide bonds. The van der Waals surface area contributed by atoms with Crippen LogP contribution in [0.1, 0.15) is 49.1 Å². The van der Waals surface area contributed by atoms with Gasteiger partial charge in [-0.2, -0.15) is 5.10 Å². The van der Waals surface area contributed by atoms with Crippen LogP contribution in [0.4, 0.5) is 20.3 Å². The Bertz CT molecular complexity index is 943. The van der Waals surface area contributed by atoms with Crippen LogP contribution in [0.25, 0.3) is 0 Å². The number of carbonyl (C=O) groups is 1. The number of nitrogens with zero attached hydrogens (tertiary/aromatic N) is 4. The largest absolute Gasteiger partial charge is 0.381 e. The van der Waals surface area contributed by atoms with Crippen molar-refractivity contribution in [3.05, 3.63) is 39.5 Å². The SMILES string of the molecule is CC(=O)N1CCc2c(c(N(C)c3ccc(Br)c(C(F)F)c3)nn2C2CCOCC2)C1. The summed E-state index contributed by atoms with van der Waals surface area (Å²) in [6.07, 6.45) is -0.0618. The fourth-order valence-electron chi connectivity index (χ4n) is 4.23. The minimum atomic E-state index is -2.57. The van der Waals surface area contributed by atoms with Crippen LogP contribution in [-0.4, -0.2) is 47.4 Å². The molecule has 6 nitrogen and oxygen atoms in total. The zero-order valence-electron chi connectivity index (χ0n) is 17.1. The molecule has 9 heteroatoms. The van der Waals surface area contributed by atoms with Crippen molar-refractivity contribution >= 4 is 33.3 Å². The summed E-state index contributed by atoms with van der Waals surface area (Å²) in [5.74, 6) is 0.738. The highest BCUT2D eigenvalue weighted by molar-refractivity contribution is 9.10. The predicted molar refractivity (Wildman–Crippen MR) is 113 cm³/mol. The topological polar surface area (TPSA) is 50.6 Å². The molecular weight excluding hydrogens is 458 g/mol.